The van der Waals surface area contributed by atoms with Crippen LogP contribution in [0.25, 0.3) is 10.2 Å². The molecule has 0 aliphatic rings. The Morgan fingerprint density at radius 3 is 2.63 bits per heavy atom. The molecule has 0 radical (unpaired) electrons. The predicted octanol–water partition coefficient (Wildman–Crippen LogP) is 4.92. The number of hydrogen-bond donors (Lipinski definition) is 0. The molecule has 27 heavy (non-hydrogen) atoms. The van der Waals surface area contributed by atoms with Gasteiger partial charge in [-0.3, -0.25) is 14.7 Å². The quantitative estimate of drug-likeness (QED) is 0.493. The van der Waals surface area contributed by atoms with Crippen LogP contribution in [0.15, 0.2) is 42.6 Å². The maximum Gasteiger partial charge on any atom is 0.272 e. The molecule has 136 valence electrons. The summed E-state index contributed by atoms with van der Waals surface area (Å²) in [6.07, 6.45) is 1.74. The van der Waals surface area contributed by atoms with Gasteiger partial charge in [0.25, 0.3) is 5.91 Å². The largest absolute Gasteiger partial charge is 0.277 e. The Morgan fingerprint density at radius 1 is 1.07 bits per heavy atom. The Kier molecular flexibility index (Phi) is 4.72. The second-order valence-corrected chi connectivity index (χ2v) is 8.54. The number of carbonyl (C=O) groups is 1. The molecule has 1 amide bonds. The highest BCUT2D eigenvalue weighted by atomic mass is 32.1. The molecule has 0 aliphatic heterocycles. The van der Waals surface area contributed by atoms with Gasteiger partial charge in [-0.2, -0.15) is 0 Å². The standard InChI is InChI=1S/C20H18N4OS2/c1-12-7-8-16-17(10-12)27-20(23-16)24(11-15-6-4-5-9-21-15)19(25)18-13(2)22-14(3)26-18/h4-10H,11H2,1-3H3. The van der Waals surface area contributed by atoms with Crippen LogP contribution in [0, 0.1) is 20.8 Å². The summed E-state index contributed by atoms with van der Waals surface area (Å²) in [7, 11) is 0. The number of benzene rings is 1. The zero-order chi connectivity index (χ0) is 19.0. The van der Waals surface area contributed by atoms with Crippen molar-refractivity contribution < 1.29 is 4.79 Å². The van der Waals surface area contributed by atoms with Crippen LogP contribution in [-0.4, -0.2) is 20.9 Å². The number of aromatic nitrogens is 3. The van der Waals surface area contributed by atoms with Gasteiger partial charge in [0, 0.05) is 6.20 Å². The van der Waals surface area contributed by atoms with Crippen LogP contribution in [0.2, 0.25) is 0 Å². The van der Waals surface area contributed by atoms with Crippen molar-refractivity contribution in [3.8, 4) is 0 Å². The molecule has 0 aliphatic carbocycles. The summed E-state index contributed by atoms with van der Waals surface area (Å²) < 4.78 is 1.07. The van der Waals surface area contributed by atoms with Gasteiger partial charge in [-0.05, 0) is 50.6 Å². The lowest BCUT2D eigenvalue weighted by Gasteiger charge is -2.19. The highest BCUT2D eigenvalue weighted by Crippen LogP contribution is 2.32. The van der Waals surface area contributed by atoms with Gasteiger partial charge >= 0.3 is 0 Å². The number of nitrogens with zero attached hydrogens (tertiary/aromatic N) is 4. The van der Waals surface area contributed by atoms with Crippen LogP contribution in [0.1, 0.15) is 31.6 Å². The van der Waals surface area contributed by atoms with Crippen molar-refractivity contribution in [2.24, 2.45) is 0 Å². The number of pyridine rings is 1. The van der Waals surface area contributed by atoms with Crippen LogP contribution in [0.5, 0.6) is 0 Å². The first-order valence-corrected chi connectivity index (χ1v) is 10.2. The molecule has 0 atom stereocenters. The van der Waals surface area contributed by atoms with Gasteiger partial charge in [-0.15, -0.1) is 11.3 Å². The molecule has 7 heteroatoms. The zero-order valence-electron chi connectivity index (χ0n) is 15.3. The van der Waals surface area contributed by atoms with E-state index in [0.717, 1.165) is 26.6 Å². The number of carbonyl (C=O) groups excluding carboxylic acids is 1. The molecular formula is C20H18N4OS2. The maximum atomic E-state index is 13.4. The van der Waals surface area contributed by atoms with Gasteiger partial charge in [-0.25, -0.2) is 9.97 Å². The van der Waals surface area contributed by atoms with Gasteiger partial charge in [0.2, 0.25) is 0 Å². The maximum absolute atomic E-state index is 13.4. The monoisotopic (exact) mass is 394 g/mol. The number of anilines is 1. The molecule has 0 N–H and O–H groups in total. The lowest BCUT2D eigenvalue weighted by atomic mass is 10.2. The van der Waals surface area contributed by atoms with Crippen LogP contribution < -0.4 is 4.90 Å². The summed E-state index contributed by atoms with van der Waals surface area (Å²) in [5.41, 5.74) is 3.65. The molecule has 0 bridgehead atoms. The summed E-state index contributed by atoms with van der Waals surface area (Å²) in [6.45, 7) is 6.21. The Balaban J connectivity index is 1.79. The molecule has 3 aromatic heterocycles. The first kappa shape index (κ1) is 17.8. The molecule has 0 saturated carbocycles. The van der Waals surface area contributed by atoms with Crippen molar-refractivity contribution in [3.63, 3.8) is 0 Å². The number of amides is 1. The average molecular weight is 395 g/mol. The van der Waals surface area contributed by atoms with E-state index in [9.17, 15) is 4.79 Å². The fourth-order valence-corrected chi connectivity index (χ4v) is 4.80. The van der Waals surface area contributed by atoms with Crippen molar-refractivity contribution in [3.05, 3.63) is 69.4 Å². The summed E-state index contributed by atoms with van der Waals surface area (Å²) in [4.78, 5) is 29.2. The molecular weight excluding hydrogens is 376 g/mol. The van der Waals surface area contributed by atoms with E-state index in [-0.39, 0.29) is 5.91 Å². The van der Waals surface area contributed by atoms with Crippen molar-refractivity contribution in [1.29, 1.82) is 0 Å². The predicted molar refractivity (Wildman–Crippen MR) is 111 cm³/mol. The molecule has 0 unspecified atom stereocenters. The number of rotatable bonds is 4. The molecule has 0 fully saturated rings. The summed E-state index contributed by atoms with van der Waals surface area (Å²) in [5.74, 6) is -0.0838. The van der Waals surface area contributed by atoms with Gasteiger partial charge in [0.15, 0.2) is 5.13 Å². The van der Waals surface area contributed by atoms with Crippen molar-refractivity contribution in [1.82, 2.24) is 15.0 Å². The van der Waals surface area contributed by atoms with Crippen LogP contribution in [0.3, 0.4) is 0 Å². The van der Waals surface area contributed by atoms with E-state index in [1.165, 1.54) is 28.2 Å². The second-order valence-electron chi connectivity index (χ2n) is 6.33. The Bertz CT molecular complexity index is 1120. The van der Waals surface area contributed by atoms with E-state index < -0.39 is 0 Å². The Morgan fingerprint density at radius 2 is 1.93 bits per heavy atom. The minimum atomic E-state index is -0.0838. The van der Waals surface area contributed by atoms with Gasteiger partial charge in [0.05, 0.1) is 33.2 Å². The minimum absolute atomic E-state index is 0.0838. The van der Waals surface area contributed by atoms with Gasteiger partial charge in [0.1, 0.15) is 4.88 Å². The Labute approximate surface area is 165 Å². The number of aryl methyl sites for hydroxylation is 3. The van der Waals surface area contributed by atoms with Crippen LogP contribution in [-0.2, 0) is 6.54 Å². The van der Waals surface area contributed by atoms with E-state index in [4.69, 9.17) is 4.98 Å². The van der Waals surface area contributed by atoms with E-state index in [1.807, 2.05) is 44.2 Å². The second kappa shape index (κ2) is 7.17. The Hall–Kier alpha value is -2.64. The van der Waals surface area contributed by atoms with E-state index >= 15 is 0 Å². The topological polar surface area (TPSA) is 59.0 Å². The molecule has 5 nitrogen and oxygen atoms in total. The number of thiazole rings is 2. The average Bonchev–Trinajstić information content (AvgIpc) is 3.22. The molecule has 3 heterocycles. The highest BCUT2D eigenvalue weighted by Gasteiger charge is 2.25. The number of hydrogen-bond acceptors (Lipinski definition) is 6. The number of fused-ring (bicyclic) bond motifs is 1. The third kappa shape index (κ3) is 3.61. The third-order valence-electron chi connectivity index (χ3n) is 4.15. The fraction of sp³-hybridized carbons (Fsp3) is 0.200. The molecule has 4 aromatic rings. The van der Waals surface area contributed by atoms with Crippen molar-refractivity contribution in [2.45, 2.75) is 27.3 Å². The first-order chi connectivity index (χ1) is 13.0. The SMILES string of the molecule is Cc1ccc2nc(N(Cc3ccccn3)C(=O)c3sc(C)nc3C)sc2c1. The lowest BCUT2D eigenvalue weighted by Crippen LogP contribution is -2.30. The van der Waals surface area contributed by atoms with Crippen molar-refractivity contribution in [2.75, 3.05) is 4.90 Å². The third-order valence-corrected chi connectivity index (χ3v) is 6.25. The van der Waals surface area contributed by atoms with Crippen molar-refractivity contribution >= 4 is 43.9 Å². The summed E-state index contributed by atoms with van der Waals surface area (Å²) in [6, 6.07) is 11.8. The van der Waals surface area contributed by atoms with E-state index in [0.29, 0.717) is 16.6 Å². The summed E-state index contributed by atoms with van der Waals surface area (Å²) >= 11 is 2.94. The molecule has 1 aromatic carbocycles. The zero-order valence-corrected chi connectivity index (χ0v) is 16.9. The van der Waals surface area contributed by atoms with Gasteiger partial charge in [-0.1, -0.05) is 23.5 Å². The van der Waals surface area contributed by atoms with E-state index in [2.05, 4.69) is 23.0 Å². The molecule has 0 spiro atoms. The minimum Gasteiger partial charge on any atom is -0.277 e. The van der Waals surface area contributed by atoms with Crippen LogP contribution >= 0.6 is 22.7 Å². The van der Waals surface area contributed by atoms with Gasteiger partial charge < -0.3 is 0 Å². The highest BCUT2D eigenvalue weighted by molar-refractivity contribution is 7.22. The molecule has 0 saturated heterocycles. The first-order valence-electron chi connectivity index (χ1n) is 8.54. The fourth-order valence-electron chi connectivity index (χ4n) is 2.87. The van der Waals surface area contributed by atoms with Crippen LogP contribution in [0.4, 0.5) is 5.13 Å². The van der Waals surface area contributed by atoms with E-state index in [1.54, 1.807) is 11.1 Å². The lowest BCUT2D eigenvalue weighted by molar-refractivity contribution is 0.0988. The summed E-state index contributed by atoms with van der Waals surface area (Å²) in [5, 5.41) is 1.56. The normalized spacial score (nSPS) is 11.1. The molecule has 4 rings (SSSR count). The smallest absolute Gasteiger partial charge is 0.272 e.